The highest BCUT2D eigenvalue weighted by molar-refractivity contribution is 7.89. The average Bonchev–Trinajstić information content (AvgIpc) is 2.28. The molecule has 5 nitrogen and oxygen atoms in total. The third kappa shape index (κ3) is 3.40. The summed E-state index contributed by atoms with van der Waals surface area (Å²) in [5.74, 6) is 0. The second kappa shape index (κ2) is 5.32. The molecule has 1 rings (SSSR count). The first kappa shape index (κ1) is 14.4. The van der Waals surface area contributed by atoms with E-state index in [4.69, 9.17) is 21.8 Å². The molecule has 0 aliphatic rings. The molecule has 0 amide bonds. The molecule has 0 saturated carbocycles. The van der Waals surface area contributed by atoms with E-state index < -0.39 is 28.8 Å². The van der Waals surface area contributed by atoms with Crippen LogP contribution in [0.1, 0.15) is 6.92 Å². The molecule has 0 unspecified atom stereocenters. The van der Waals surface area contributed by atoms with Gasteiger partial charge >= 0.3 is 0 Å². The Balaban J connectivity index is 3.10. The quantitative estimate of drug-likeness (QED) is 0.726. The number of sulfonamides is 1. The predicted octanol–water partition coefficient (Wildman–Crippen LogP) is 0.362. The lowest BCUT2D eigenvalue weighted by Crippen LogP contribution is -2.51. The van der Waals surface area contributed by atoms with E-state index >= 15 is 0 Å². The Bertz CT molecular complexity index is 485. The highest BCUT2D eigenvalue weighted by Gasteiger charge is 2.30. The Morgan fingerprint density at radius 1 is 1.29 bits per heavy atom. The van der Waals surface area contributed by atoms with Gasteiger partial charge in [0.1, 0.15) is 4.90 Å². The monoisotopic (exact) mass is 279 g/mol. The van der Waals surface area contributed by atoms with Crippen molar-refractivity contribution >= 4 is 21.6 Å². The molecule has 0 spiro atoms. The van der Waals surface area contributed by atoms with E-state index in [9.17, 15) is 8.42 Å². The lowest BCUT2D eigenvalue weighted by molar-refractivity contribution is 0.122. The van der Waals surface area contributed by atoms with Crippen LogP contribution in [0.2, 0.25) is 5.02 Å². The number of aliphatic hydroxyl groups excluding tert-OH is 2. The largest absolute Gasteiger partial charge is 0.394 e. The van der Waals surface area contributed by atoms with Crippen molar-refractivity contribution in [1.82, 2.24) is 4.72 Å². The van der Waals surface area contributed by atoms with Crippen molar-refractivity contribution in [3.05, 3.63) is 29.3 Å². The highest BCUT2D eigenvalue weighted by Crippen LogP contribution is 2.21. The molecule has 0 aliphatic heterocycles. The molecule has 0 fully saturated rings. The van der Waals surface area contributed by atoms with Crippen LogP contribution in [0.25, 0.3) is 0 Å². The third-order valence-electron chi connectivity index (χ3n) is 2.20. The minimum absolute atomic E-state index is 0.0817. The second-order valence-electron chi connectivity index (χ2n) is 3.91. The molecule has 0 radical (unpaired) electrons. The Morgan fingerprint density at radius 3 is 2.29 bits per heavy atom. The van der Waals surface area contributed by atoms with Gasteiger partial charge in [0.15, 0.2) is 0 Å². The zero-order chi connectivity index (χ0) is 13.1. The van der Waals surface area contributed by atoms with Crippen molar-refractivity contribution in [2.45, 2.75) is 17.4 Å². The van der Waals surface area contributed by atoms with Gasteiger partial charge in [0, 0.05) is 0 Å². The number of rotatable bonds is 5. The molecule has 0 bridgehead atoms. The maximum atomic E-state index is 12.0. The van der Waals surface area contributed by atoms with Gasteiger partial charge in [-0.2, -0.15) is 0 Å². The molecule has 0 saturated heterocycles. The number of nitrogens with one attached hydrogen (secondary N) is 1. The van der Waals surface area contributed by atoms with Gasteiger partial charge in [-0.3, -0.25) is 0 Å². The van der Waals surface area contributed by atoms with Crippen molar-refractivity contribution in [2.24, 2.45) is 0 Å². The number of benzene rings is 1. The van der Waals surface area contributed by atoms with Gasteiger partial charge in [0.25, 0.3) is 0 Å². The van der Waals surface area contributed by atoms with Crippen molar-refractivity contribution in [3.8, 4) is 0 Å². The molecule has 0 aromatic heterocycles. The lowest BCUT2D eigenvalue weighted by Gasteiger charge is -2.25. The molecule has 7 heteroatoms. The first-order valence-corrected chi connectivity index (χ1v) is 6.71. The van der Waals surface area contributed by atoms with Gasteiger partial charge in [0.05, 0.1) is 23.8 Å². The van der Waals surface area contributed by atoms with Crippen LogP contribution in [0, 0.1) is 0 Å². The number of aliphatic hydroxyl groups is 2. The summed E-state index contributed by atoms with van der Waals surface area (Å²) in [6.45, 7) is 0.349. The van der Waals surface area contributed by atoms with Gasteiger partial charge in [-0.1, -0.05) is 23.7 Å². The van der Waals surface area contributed by atoms with Crippen LogP contribution in [-0.4, -0.2) is 37.4 Å². The molecule has 0 atom stereocenters. The summed E-state index contributed by atoms with van der Waals surface area (Å²) in [4.78, 5) is -0.0882. The maximum Gasteiger partial charge on any atom is 0.242 e. The van der Waals surface area contributed by atoms with Crippen molar-refractivity contribution in [1.29, 1.82) is 0 Å². The van der Waals surface area contributed by atoms with E-state index in [0.717, 1.165) is 0 Å². The second-order valence-corrected chi connectivity index (χ2v) is 5.97. The molecule has 0 heterocycles. The van der Waals surface area contributed by atoms with Gasteiger partial charge < -0.3 is 10.2 Å². The summed E-state index contributed by atoms with van der Waals surface area (Å²) in [6.07, 6.45) is 0. The van der Waals surface area contributed by atoms with Gasteiger partial charge in [-0.05, 0) is 19.1 Å². The first-order valence-electron chi connectivity index (χ1n) is 4.85. The zero-order valence-electron chi connectivity index (χ0n) is 9.22. The fraction of sp³-hybridized carbons (Fsp3) is 0.400. The third-order valence-corrected chi connectivity index (χ3v) is 4.34. The molecule has 0 aliphatic carbocycles. The SMILES string of the molecule is CC(CO)(CO)NS(=O)(=O)c1ccccc1Cl. The summed E-state index contributed by atoms with van der Waals surface area (Å²) in [7, 11) is -3.87. The molecule has 96 valence electrons. The smallest absolute Gasteiger partial charge is 0.242 e. The van der Waals surface area contributed by atoms with Crippen LogP contribution in [0.4, 0.5) is 0 Å². The molecular formula is C10H14ClNO4S. The van der Waals surface area contributed by atoms with Crippen molar-refractivity contribution in [2.75, 3.05) is 13.2 Å². The number of hydrogen-bond acceptors (Lipinski definition) is 4. The Labute approximate surface area is 105 Å². The van der Waals surface area contributed by atoms with E-state index in [1.807, 2.05) is 0 Å². The minimum Gasteiger partial charge on any atom is -0.394 e. The minimum atomic E-state index is -3.87. The summed E-state index contributed by atoms with van der Waals surface area (Å²) >= 11 is 5.78. The predicted molar refractivity (Wildman–Crippen MR) is 64.4 cm³/mol. The Hall–Kier alpha value is -0.660. The lowest BCUT2D eigenvalue weighted by atomic mass is 10.1. The van der Waals surface area contributed by atoms with E-state index in [2.05, 4.69) is 4.72 Å². The highest BCUT2D eigenvalue weighted by atomic mass is 35.5. The Morgan fingerprint density at radius 2 is 1.82 bits per heavy atom. The summed E-state index contributed by atoms with van der Waals surface area (Å²) < 4.78 is 26.2. The summed E-state index contributed by atoms with van der Waals surface area (Å²) in [5.41, 5.74) is -1.32. The van der Waals surface area contributed by atoms with E-state index in [-0.39, 0.29) is 9.92 Å². The van der Waals surface area contributed by atoms with Gasteiger partial charge in [-0.25, -0.2) is 13.1 Å². The maximum absolute atomic E-state index is 12.0. The van der Waals surface area contributed by atoms with E-state index in [0.29, 0.717) is 0 Å². The molecule has 1 aromatic carbocycles. The van der Waals surface area contributed by atoms with Crippen LogP contribution in [0.15, 0.2) is 29.2 Å². The Kier molecular flexibility index (Phi) is 4.51. The van der Waals surface area contributed by atoms with E-state index in [1.54, 1.807) is 6.07 Å². The average molecular weight is 280 g/mol. The van der Waals surface area contributed by atoms with Crippen LogP contribution in [0.5, 0.6) is 0 Å². The number of hydrogen-bond donors (Lipinski definition) is 3. The van der Waals surface area contributed by atoms with Gasteiger partial charge in [-0.15, -0.1) is 0 Å². The van der Waals surface area contributed by atoms with Crippen molar-refractivity contribution in [3.63, 3.8) is 0 Å². The number of halogens is 1. The molecule has 1 aromatic rings. The van der Waals surface area contributed by atoms with E-state index in [1.165, 1.54) is 25.1 Å². The zero-order valence-corrected chi connectivity index (χ0v) is 10.8. The molecular weight excluding hydrogens is 266 g/mol. The van der Waals surface area contributed by atoms with Crippen molar-refractivity contribution < 1.29 is 18.6 Å². The summed E-state index contributed by atoms with van der Waals surface area (Å²) in [6, 6.07) is 5.94. The topological polar surface area (TPSA) is 86.6 Å². The molecule has 3 N–H and O–H groups in total. The van der Waals surface area contributed by atoms with Gasteiger partial charge in [0.2, 0.25) is 10.0 Å². The van der Waals surface area contributed by atoms with Crippen LogP contribution in [0.3, 0.4) is 0 Å². The fourth-order valence-electron chi connectivity index (χ4n) is 1.16. The molecule has 17 heavy (non-hydrogen) atoms. The van der Waals surface area contributed by atoms with Crippen LogP contribution >= 0.6 is 11.6 Å². The normalized spacial score (nSPS) is 12.7. The van der Waals surface area contributed by atoms with Crippen LogP contribution in [-0.2, 0) is 10.0 Å². The summed E-state index contributed by atoms with van der Waals surface area (Å²) in [5, 5.41) is 18.2. The first-order chi connectivity index (χ1) is 7.84. The fourth-order valence-corrected chi connectivity index (χ4v) is 3.07. The van der Waals surface area contributed by atoms with Crippen LogP contribution < -0.4 is 4.72 Å². The standard InChI is InChI=1S/C10H14ClNO4S/c1-10(6-13,7-14)12-17(15,16)9-5-3-2-4-8(9)11/h2-5,12-14H,6-7H2,1H3.